The number of amides is 1. The molecule has 0 radical (unpaired) electrons. The highest BCUT2D eigenvalue weighted by Gasteiger charge is 2.36. The van der Waals surface area contributed by atoms with Gasteiger partial charge in [0, 0.05) is 18.8 Å². The molecule has 1 N–H and O–H groups in total. The molecule has 0 spiro atoms. The molecule has 0 saturated heterocycles. The van der Waals surface area contributed by atoms with Crippen LogP contribution in [0.15, 0.2) is 30.5 Å². The SMILES string of the molecule is CCc1nn(C)cc1C(=O)N1CCOc2ccccc2C1C(=O)O. The molecular formula is C17H19N3O4. The van der Waals surface area contributed by atoms with Gasteiger partial charge in [0.05, 0.1) is 17.8 Å². The minimum atomic E-state index is -1.08. The van der Waals surface area contributed by atoms with E-state index in [4.69, 9.17) is 4.74 Å². The maximum atomic E-state index is 13.0. The topological polar surface area (TPSA) is 84.7 Å². The van der Waals surface area contributed by atoms with Crippen molar-refractivity contribution in [3.8, 4) is 5.75 Å². The van der Waals surface area contributed by atoms with Gasteiger partial charge in [-0.1, -0.05) is 25.1 Å². The number of rotatable bonds is 3. The predicted octanol–water partition coefficient (Wildman–Crippen LogP) is 1.64. The second-order valence-electron chi connectivity index (χ2n) is 5.64. The standard InChI is InChI=1S/C17H19N3O4/c1-3-13-12(10-19(2)18-13)16(21)20-8-9-24-14-7-5-4-6-11(14)15(20)17(22)23/h4-7,10,15H,3,8-9H2,1-2H3,(H,22,23). The normalized spacial score (nSPS) is 16.9. The molecule has 126 valence electrons. The van der Waals surface area contributed by atoms with Crippen LogP contribution in [0.2, 0.25) is 0 Å². The van der Waals surface area contributed by atoms with Crippen molar-refractivity contribution < 1.29 is 19.4 Å². The largest absolute Gasteiger partial charge is 0.491 e. The van der Waals surface area contributed by atoms with Crippen molar-refractivity contribution >= 4 is 11.9 Å². The van der Waals surface area contributed by atoms with E-state index in [1.165, 1.54) is 4.90 Å². The molecule has 3 rings (SSSR count). The molecule has 1 aromatic heterocycles. The highest BCUT2D eigenvalue weighted by Crippen LogP contribution is 2.33. The number of hydrogen-bond acceptors (Lipinski definition) is 4. The van der Waals surface area contributed by atoms with Crippen LogP contribution in [0.3, 0.4) is 0 Å². The van der Waals surface area contributed by atoms with E-state index >= 15 is 0 Å². The van der Waals surface area contributed by atoms with Crippen molar-refractivity contribution in [2.75, 3.05) is 13.2 Å². The summed E-state index contributed by atoms with van der Waals surface area (Å²) in [4.78, 5) is 26.3. The molecule has 2 aromatic rings. The lowest BCUT2D eigenvalue weighted by Gasteiger charge is -2.26. The van der Waals surface area contributed by atoms with Gasteiger partial charge in [0.2, 0.25) is 0 Å². The van der Waals surface area contributed by atoms with E-state index in [-0.39, 0.29) is 19.1 Å². The second kappa shape index (κ2) is 6.35. The highest BCUT2D eigenvalue weighted by molar-refractivity contribution is 5.98. The first-order chi connectivity index (χ1) is 11.5. The van der Waals surface area contributed by atoms with Crippen LogP contribution in [0.5, 0.6) is 5.75 Å². The Morgan fingerprint density at radius 1 is 1.38 bits per heavy atom. The fourth-order valence-electron chi connectivity index (χ4n) is 3.00. The van der Waals surface area contributed by atoms with Gasteiger partial charge in [0.1, 0.15) is 12.4 Å². The third-order valence-electron chi connectivity index (χ3n) is 4.08. The molecule has 1 amide bonds. The quantitative estimate of drug-likeness (QED) is 0.925. The number of benzene rings is 1. The number of aliphatic carboxylic acids is 1. The number of nitrogens with zero attached hydrogens (tertiary/aromatic N) is 3. The van der Waals surface area contributed by atoms with Gasteiger partial charge in [-0.05, 0) is 12.5 Å². The summed E-state index contributed by atoms with van der Waals surface area (Å²) in [5, 5.41) is 14.0. The van der Waals surface area contributed by atoms with Crippen molar-refractivity contribution in [2.24, 2.45) is 7.05 Å². The Morgan fingerprint density at radius 3 is 2.83 bits per heavy atom. The van der Waals surface area contributed by atoms with Gasteiger partial charge in [-0.2, -0.15) is 5.10 Å². The van der Waals surface area contributed by atoms with Gasteiger partial charge in [0.25, 0.3) is 5.91 Å². The number of carboxylic acids is 1. The number of para-hydroxylation sites is 1. The monoisotopic (exact) mass is 329 g/mol. The van der Waals surface area contributed by atoms with Crippen LogP contribution in [0.1, 0.15) is 34.6 Å². The Hall–Kier alpha value is -2.83. The summed E-state index contributed by atoms with van der Waals surface area (Å²) in [6.07, 6.45) is 2.23. The summed E-state index contributed by atoms with van der Waals surface area (Å²) >= 11 is 0. The summed E-state index contributed by atoms with van der Waals surface area (Å²) in [5.74, 6) is -0.919. The summed E-state index contributed by atoms with van der Waals surface area (Å²) in [7, 11) is 1.74. The number of aromatic nitrogens is 2. The van der Waals surface area contributed by atoms with Gasteiger partial charge < -0.3 is 14.7 Å². The number of carbonyl (C=O) groups excluding carboxylic acids is 1. The number of hydrogen-bond donors (Lipinski definition) is 1. The molecular weight excluding hydrogens is 310 g/mol. The molecule has 7 heteroatoms. The molecule has 1 aromatic carbocycles. The zero-order chi connectivity index (χ0) is 17.3. The average molecular weight is 329 g/mol. The summed E-state index contributed by atoms with van der Waals surface area (Å²) in [6.45, 7) is 2.35. The van der Waals surface area contributed by atoms with E-state index in [1.54, 1.807) is 42.2 Å². The molecule has 2 heterocycles. The first-order valence-electron chi connectivity index (χ1n) is 7.81. The second-order valence-corrected chi connectivity index (χ2v) is 5.64. The van der Waals surface area contributed by atoms with Gasteiger partial charge in [-0.25, -0.2) is 4.79 Å². The Morgan fingerprint density at radius 2 is 2.12 bits per heavy atom. The zero-order valence-corrected chi connectivity index (χ0v) is 13.6. The maximum absolute atomic E-state index is 13.0. The fourth-order valence-corrected chi connectivity index (χ4v) is 3.00. The Balaban J connectivity index is 2.05. The van der Waals surface area contributed by atoms with E-state index in [0.717, 1.165) is 0 Å². The van der Waals surface area contributed by atoms with Crippen molar-refractivity contribution in [1.29, 1.82) is 0 Å². The van der Waals surface area contributed by atoms with Gasteiger partial charge in [-0.15, -0.1) is 0 Å². The first-order valence-corrected chi connectivity index (χ1v) is 7.81. The Bertz CT molecular complexity index is 784. The van der Waals surface area contributed by atoms with Crippen molar-refractivity contribution in [2.45, 2.75) is 19.4 Å². The summed E-state index contributed by atoms with van der Waals surface area (Å²) < 4.78 is 7.20. The molecule has 1 aliphatic rings. The van der Waals surface area contributed by atoms with Crippen molar-refractivity contribution in [3.05, 3.63) is 47.3 Å². The minimum absolute atomic E-state index is 0.197. The molecule has 1 atom stereocenters. The van der Waals surface area contributed by atoms with Crippen molar-refractivity contribution in [3.63, 3.8) is 0 Å². The number of aryl methyl sites for hydroxylation is 2. The lowest BCUT2D eigenvalue weighted by molar-refractivity contribution is -0.142. The summed E-state index contributed by atoms with van der Waals surface area (Å²) in [6, 6.07) is 5.85. The van der Waals surface area contributed by atoms with Crippen LogP contribution in [-0.4, -0.2) is 44.8 Å². The predicted molar refractivity (Wildman–Crippen MR) is 85.9 cm³/mol. The van der Waals surface area contributed by atoms with Crippen LogP contribution >= 0.6 is 0 Å². The van der Waals surface area contributed by atoms with Crippen LogP contribution in [-0.2, 0) is 18.3 Å². The Kier molecular flexibility index (Phi) is 4.24. The molecule has 0 fully saturated rings. The maximum Gasteiger partial charge on any atom is 0.331 e. The van der Waals surface area contributed by atoms with Crippen LogP contribution in [0, 0.1) is 0 Å². The fraction of sp³-hybridized carbons (Fsp3) is 0.353. The Labute approximate surface area is 139 Å². The van der Waals surface area contributed by atoms with E-state index in [2.05, 4.69) is 5.10 Å². The van der Waals surface area contributed by atoms with Crippen LogP contribution < -0.4 is 4.74 Å². The minimum Gasteiger partial charge on any atom is -0.491 e. The lowest BCUT2D eigenvalue weighted by atomic mass is 10.0. The van der Waals surface area contributed by atoms with Crippen LogP contribution in [0.25, 0.3) is 0 Å². The molecule has 1 unspecified atom stereocenters. The molecule has 0 aliphatic carbocycles. The lowest BCUT2D eigenvalue weighted by Crippen LogP contribution is -2.40. The number of ether oxygens (including phenoxy) is 1. The molecule has 7 nitrogen and oxygen atoms in total. The van der Waals surface area contributed by atoms with E-state index < -0.39 is 12.0 Å². The van der Waals surface area contributed by atoms with Gasteiger partial charge in [-0.3, -0.25) is 9.48 Å². The number of carboxylic acid groups (broad SMARTS) is 1. The van der Waals surface area contributed by atoms with E-state index in [0.29, 0.717) is 29.0 Å². The first kappa shape index (κ1) is 16.0. The smallest absolute Gasteiger partial charge is 0.331 e. The average Bonchev–Trinajstić information content (AvgIpc) is 2.83. The van der Waals surface area contributed by atoms with Gasteiger partial charge in [0.15, 0.2) is 6.04 Å². The van der Waals surface area contributed by atoms with Crippen molar-refractivity contribution in [1.82, 2.24) is 14.7 Å². The third-order valence-corrected chi connectivity index (χ3v) is 4.08. The summed E-state index contributed by atoms with van der Waals surface area (Å²) in [5.41, 5.74) is 1.58. The molecule has 24 heavy (non-hydrogen) atoms. The highest BCUT2D eigenvalue weighted by atomic mass is 16.5. The molecule has 0 bridgehead atoms. The third kappa shape index (κ3) is 2.73. The van der Waals surface area contributed by atoms with Gasteiger partial charge >= 0.3 is 5.97 Å². The zero-order valence-electron chi connectivity index (χ0n) is 13.6. The van der Waals surface area contributed by atoms with E-state index in [1.807, 2.05) is 6.92 Å². The number of fused-ring (bicyclic) bond motifs is 1. The molecule has 1 aliphatic heterocycles. The molecule has 0 saturated carbocycles. The van der Waals surface area contributed by atoms with Crippen LogP contribution in [0.4, 0.5) is 0 Å². The number of carbonyl (C=O) groups is 2. The van der Waals surface area contributed by atoms with E-state index in [9.17, 15) is 14.7 Å².